The first kappa shape index (κ1) is 17.5. The molecule has 3 rings (SSSR count). The summed E-state index contributed by atoms with van der Waals surface area (Å²) >= 11 is 6.12. The number of carboxylic acids is 1. The summed E-state index contributed by atoms with van der Waals surface area (Å²) in [6, 6.07) is 10.0. The number of para-hydroxylation sites is 1. The number of carboxylic acid groups (broad SMARTS) is 1. The largest absolute Gasteiger partial charge is 0.481 e. The van der Waals surface area contributed by atoms with Crippen molar-refractivity contribution in [3.8, 4) is 6.01 Å². The minimum Gasteiger partial charge on any atom is -0.481 e. The van der Waals surface area contributed by atoms with E-state index in [1.54, 1.807) is 6.07 Å². The molecule has 0 atom stereocenters. The van der Waals surface area contributed by atoms with Gasteiger partial charge >= 0.3 is 12.0 Å². The molecule has 25 heavy (non-hydrogen) atoms. The average molecular weight is 362 g/mol. The van der Waals surface area contributed by atoms with Crippen LogP contribution in [0.5, 0.6) is 6.01 Å². The number of fused-ring (bicyclic) bond motifs is 1. The van der Waals surface area contributed by atoms with Gasteiger partial charge in [-0.3, -0.25) is 4.79 Å². The molecule has 2 heterocycles. The molecule has 0 unspecified atom stereocenters. The van der Waals surface area contributed by atoms with Gasteiger partial charge in [0.1, 0.15) is 17.6 Å². The predicted octanol–water partition coefficient (Wildman–Crippen LogP) is 3.80. The number of hydrogen-bond donors (Lipinski definition) is 1. The van der Waals surface area contributed by atoms with Crippen molar-refractivity contribution in [3.63, 3.8) is 0 Å². The highest BCUT2D eigenvalue weighted by atomic mass is 35.5. The van der Waals surface area contributed by atoms with Crippen molar-refractivity contribution < 1.29 is 14.6 Å². The van der Waals surface area contributed by atoms with Gasteiger partial charge in [0.15, 0.2) is 0 Å². The lowest BCUT2D eigenvalue weighted by Crippen LogP contribution is -2.34. The van der Waals surface area contributed by atoms with E-state index in [0.717, 1.165) is 18.7 Å². The molecule has 1 aliphatic rings. The van der Waals surface area contributed by atoms with E-state index in [-0.39, 0.29) is 29.6 Å². The third-order valence-electron chi connectivity index (χ3n) is 4.37. The maximum absolute atomic E-state index is 10.6. The van der Waals surface area contributed by atoms with Crippen LogP contribution in [-0.2, 0) is 10.2 Å². The molecule has 1 aliphatic heterocycles. The number of nitrogens with zero attached hydrogens (tertiary/aromatic N) is 3. The predicted molar refractivity (Wildman–Crippen MR) is 95.9 cm³/mol. The number of aliphatic carboxylic acids is 1. The van der Waals surface area contributed by atoms with Crippen molar-refractivity contribution in [1.29, 1.82) is 0 Å². The quantitative estimate of drug-likeness (QED) is 0.816. The lowest BCUT2D eigenvalue weighted by atomic mass is 9.78. The van der Waals surface area contributed by atoms with Gasteiger partial charge in [-0.2, -0.15) is 9.97 Å². The van der Waals surface area contributed by atoms with Crippen LogP contribution in [-0.4, -0.2) is 34.2 Å². The Hall–Kier alpha value is -2.34. The number of aromatic nitrogens is 2. The van der Waals surface area contributed by atoms with Crippen LogP contribution in [0.3, 0.4) is 0 Å². The number of carbonyl (C=O) groups is 1. The Morgan fingerprint density at radius 2 is 2.12 bits per heavy atom. The fourth-order valence-electron chi connectivity index (χ4n) is 2.98. The lowest BCUT2D eigenvalue weighted by molar-refractivity contribution is -0.137. The topological polar surface area (TPSA) is 75.6 Å². The molecule has 0 amide bonds. The van der Waals surface area contributed by atoms with E-state index >= 15 is 0 Å². The van der Waals surface area contributed by atoms with E-state index in [9.17, 15) is 4.79 Å². The lowest BCUT2D eigenvalue weighted by Gasteiger charge is -2.39. The summed E-state index contributed by atoms with van der Waals surface area (Å²) in [5, 5.41) is 8.97. The van der Waals surface area contributed by atoms with Crippen LogP contribution in [0.1, 0.15) is 32.3 Å². The van der Waals surface area contributed by atoms with Crippen LogP contribution in [0.4, 0.5) is 11.5 Å². The third kappa shape index (κ3) is 3.85. The normalized spacial score (nSPS) is 15.6. The second kappa shape index (κ2) is 6.88. The van der Waals surface area contributed by atoms with Gasteiger partial charge in [0.05, 0.1) is 6.42 Å². The highest BCUT2D eigenvalue weighted by molar-refractivity contribution is 6.29. The second-order valence-electron chi connectivity index (χ2n) is 6.63. The van der Waals surface area contributed by atoms with Crippen LogP contribution >= 0.6 is 11.6 Å². The van der Waals surface area contributed by atoms with Crippen molar-refractivity contribution in [2.24, 2.45) is 0 Å². The molecule has 0 radical (unpaired) electrons. The molecule has 0 fully saturated rings. The Morgan fingerprint density at radius 3 is 2.88 bits per heavy atom. The van der Waals surface area contributed by atoms with Crippen LogP contribution in [0.2, 0.25) is 5.15 Å². The second-order valence-corrected chi connectivity index (χ2v) is 7.01. The number of ether oxygens (including phenoxy) is 1. The van der Waals surface area contributed by atoms with Gasteiger partial charge in [0.25, 0.3) is 0 Å². The molecule has 2 aromatic rings. The van der Waals surface area contributed by atoms with Crippen LogP contribution in [0, 0.1) is 0 Å². The number of halogens is 1. The minimum absolute atomic E-state index is 0.00126. The van der Waals surface area contributed by atoms with Crippen molar-refractivity contribution in [2.45, 2.75) is 32.1 Å². The van der Waals surface area contributed by atoms with Gasteiger partial charge in [-0.1, -0.05) is 43.6 Å². The smallest absolute Gasteiger partial charge is 0.319 e. The zero-order valence-corrected chi connectivity index (χ0v) is 15.0. The molecular weight excluding hydrogens is 342 g/mol. The van der Waals surface area contributed by atoms with E-state index in [0.29, 0.717) is 5.82 Å². The summed E-state index contributed by atoms with van der Waals surface area (Å²) in [7, 11) is 0. The summed E-state index contributed by atoms with van der Waals surface area (Å²) in [5.74, 6) is -0.289. The average Bonchev–Trinajstić information content (AvgIpc) is 2.54. The van der Waals surface area contributed by atoms with E-state index in [1.807, 2.05) is 12.1 Å². The Balaban J connectivity index is 1.91. The number of hydrogen-bond acceptors (Lipinski definition) is 5. The van der Waals surface area contributed by atoms with Gasteiger partial charge in [-0.15, -0.1) is 0 Å². The summed E-state index contributed by atoms with van der Waals surface area (Å²) in [6.45, 7) is 5.26. The summed E-state index contributed by atoms with van der Waals surface area (Å²) in [4.78, 5) is 21.1. The molecule has 0 saturated carbocycles. The monoisotopic (exact) mass is 361 g/mol. The van der Waals surface area contributed by atoms with Crippen LogP contribution in [0.25, 0.3) is 0 Å². The Morgan fingerprint density at radius 1 is 1.36 bits per heavy atom. The number of anilines is 2. The molecule has 1 aromatic carbocycles. The van der Waals surface area contributed by atoms with Crippen molar-refractivity contribution in [1.82, 2.24) is 9.97 Å². The molecule has 0 spiro atoms. The molecule has 6 nitrogen and oxygen atoms in total. The first-order valence-electron chi connectivity index (χ1n) is 8.13. The van der Waals surface area contributed by atoms with Crippen LogP contribution < -0.4 is 9.64 Å². The molecule has 0 bridgehead atoms. The summed E-state index contributed by atoms with van der Waals surface area (Å²) in [6.07, 6.45) is 0.854. The zero-order chi connectivity index (χ0) is 18.0. The van der Waals surface area contributed by atoms with E-state index in [1.165, 1.54) is 5.56 Å². The van der Waals surface area contributed by atoms with Gasteiger partial charge in [0, 0.05) is 18.3 Å². The SMILES string of the molecule is CC1(C)CCN(c2cc(Cl)nc(OCCC(=O)O)n2)c2ccccc21. The minimum atomic E-state index is -0.936. The number of rotatable bonds is 5. The van der Waals surface area contributed by atoms with Crippen molar-refractivity contribution in [2.75, 3.05) is 18.1 Å². The Kier molecular flexibility index (Phi) is 4.81. The summed E-state index contributed by atoms with van der Waals surface area (Å²) < 4.78 is 5.34. The maximum atomic E-state index is 10.6. The molecule has 1 N–H and O–H groups in total. The molecular formula is C18H20ClN3O3. The van der Waals surface area contributed by atoms with Crippen LogP contribution in [0.15, 0.2) is 30.3 Å². The molecule has 1 aromatic heterocycles. The molecule has 7 heteroatoms. The fraction of sp³-hybridized carbons (Fsp3) is 0.389. The van der Waals surface area contributed by atoms with Gasteiger partial charge in [-0.05, 0) is 23.5 Å². The van der Waals surface area contributed by atoms with E-state index in [2.05, 4.69) is 40.8 Å². The number of benzene rings is 1. The third-order valence-corrected chi connectivity index (χ3v) is 4.56. The first-order chi connectivity index (χ1) is 11.9. The molecule has 132 valence electrons. The van der Waals surface area contributed by atoms with Crippen molar-refractivity contribution in [3.05, 3.63) is 41.0 Å². The molecule has 0 aliphatic carbocycles. The van der Waals surface area contributed by atoms with E-state index < -0.39 is 5.97 Å². The van der Waals surface area contributed by atoms with E-state index in [4.69, 9.17) is 21.4 Å². The Bertz CT molecular complexity index is 795. The highest BCUT2D eigenvalue weighted by Crippen LogP contribution is 2.42. The maximum Gasteiger partial charge on any atom is 0.319 e. The first-order valence-corrected chi connectivity index (χ1v) is 8.51. The van der Waals surface area contributed by atoms with Crippen molar-refractivity contribution >= 4 is 29.1 Å². The Labute approximate surface area is 151 Å². The van der Waals surface area contributed by atoms with Gasteiger partial charge in [-0.25, -0.2) is 0 Å². The summed E-state index contributed by atoms with van der Waals surface area (Å²) in [5.41, 5.74) is 2.43. The van der Waals surface area contributed by atoms with Gasteiger partial charge < -0.3 is 14.7 Å². The standard InChI is InChI=1S/C18H20ClN3O3/c1-18(2)8-9-22(13-6-4-3-5-12(13)18)15-11-14(19)20-17(21-15)25-10-7-16(23)24/h3-6,11H,7-10H2,1-2H3,(H,23,24). The fourth-order valence-corrected chi connectivity index (χ4v) is 3.15. The van der Waals surface area contributed by atoms with Gasteiger partial charge in [0.2, 0.25) is 0 Å². The zero-order valence-electron chi connectivity index (χ0n) is 14.2. The highest BCUT2D eigenvalue weighted by Gasteiger charge is 2.32. The molecule has 0 saturated heterocycles.